The SMILES string of the molecule is O=C(COC(=O)C(c1ccccc1)c1ccccc1)Nc1cccc(F)c1. The average molecular weight is 363 g/mol. The van der Waals surface area contributed by atoms with E-state index in [2.05, 4.69) is 5.32 Å². The van der Waals surface area contributed by atoms with Gasteiger partial charge in [0.1, 0.15) is 11.7 Å². The third kappa shape index (κ3) is 5.01. The van der Waals surface area contributed by atoms with Crippen molar-refractivity contribution in [1.82, 2.24) is 0 Å². The lowest BCUT2D eigenvalue weighted by Gasteiger charge is -2.17. The molecule has 136 valence electrons. The highest BCUT2D eigenvalue weighted by Crippen LogP contribution is 2.25. The summed E-state index contributed by atoms with van der Waals surface area (Å²) in [7, 11) is 0. The molecule has 0 bridgehead atoms. The molecule has 0 spiro atoms. The lowest BCUT2D eigenvalue weighted by molar-refractivity contribution is -0.147. The predicted octanol–water partition coefficient (Wildman–Crippen LogP) is 4.14. The first kappa shape index (κ1) is 18.3. The Morgan fingerprint density at radius 2 is 1.44 bits per heavy atom. The minimum Gasteiger partial charge on any atom is -0.455 e. The van der Waals surface area contributed by atoms with Gasteiger partial charge in [-0.15, -0.1) is 0 Å². The van der Waals surface area contributed by atoms with Gasteiger partial charge in [0, 0.05) is 5.69 Å². The number of hydrogen-bond acceptors (Lipinski definition) is 3. The summed E-state index contributed by atoms with van der Waals surface area (Å²) in [5.41, 5.74) is 1.86. The summed E-state index contributed by atoms with van der Waals surface area (Å²) in [6.45, 7) is -0.453. The molecule has 0 saturated heterocycles. The van der Waals surface area contributed by atoms with Crippen LogP contribution >= 0.6 is 0 Å². The molecule has 0 radical (unpaired) electrons. The molecule has 0 heterocycles. The van der Waals surface area contributed by atoms with Crippen LogP contribution in [0.2, 0.25) is 0 Å². The Morgan fingerprint density at radius 1 is 0.852 bits per heavy atom. The zero-order valence-electron chi connectivity index (χ0n) is 14.5. The molecule has 0 aromatic heterocycles. The Morgan fingerprint density at radius 3 is 2.00 bits per heavy atom. The highest BCUT2D eigenvalue weighted by atomic mass is 19.1. The van der Waals surface area contributed by atoms with Gasteiger partial charge >= 0.3 is 5.97 Å². The third-order valence-corrected chi connectivity index (χ3v) is 3.96. The smallest absolute Gasteiger partial charge is 0.318 e. The zero-order chi connectivity index (χ0) is 19.1. The number of amides is 1. The highest BCUT2D eigenvalue weighted by Gasteiger charge is 2.24. The van der Waals surface area contributed by atoms with Crippen LogP contribution < -0.4 is 5.32 Å². The standard InChI is InChI=1S/C22H18FNO3/c23-18-12-7-13-19(14-18)24-20(25)15-27-22(26)21(16-8-3-1-4-9-16)17-10-5-2-6-11-17/h1-14,21H,15H2,(H,24,25). The lowest BCUT2D eigenvalue weighted by Crippen LogP contribution is -2.24. The molecule has 0 aliphatic rings. The summed E-state index contributed by atoms with van der Waals surface area (Å²) in [6.07, 6.45) is 0. The number of hydrogen-bond donors (Lipinski definition) is 1. The zero-order valence-corrected chi connectivity index (χ0v) is 14.5. The summed E-state index contributed by atoms with van der Waals surface area (Å²) >= 11 is 0. The van der Waals surface area contributed by atoms with E-state index in [0.717, 1.165) is 11.1 Å². The van der Waals surface area contributed by atoms with E-state index in [1.165, 1.54) is 18.2 Å². The van der Waals surface area contributed by atoms with Crippen molar-refractivity contribution in [3.05, 3.63) is 102 Å². The molecule has 1 N–H and O–H groups in total. The topological polar surface area (TPSA) is 55.4 Å². The Kier molecular flexibility index (Phi) is 5.94. The highest BCUT2D eigenvalue weighted by molar-refractivity contribution is 5.93. The van der Waals surface area contributed by atoms with Gasteiger partial charge in [0.05, 0.1) is 0 Å². The molecule has 1 amide bonds. The van der Waals surface area contributed by atoms with Crippen molar-refractivity contribution in [2.75, 3.05) is 11.9 Å². The molecule has 0 saturated carbocycles. The quantitative estimate of drug-likeness (QED) is 0.670. The van der Waals surface area contributed by atoms with Gasteiger partial charge in [-0.3, -0.25) is 9.59 Å². The van der Waals surface area contributed by atoms with E-state index in [9.17, 15) is 14.0 Å². The minimum atomic E-state index is -0.630. The van der Waals surface area contributed by atoms with Crippen LogP contribution in [0.15, 0.2) is 84.9 Å². The summed E-state index contributed by atoms with van der Waals surface area (Å²) in [4.78, 5) is 24.7. The number of anilines is 1. The van der Waals surface area contributed by atoms with Crippen molar-refractivity contribution >= 4 is 17.6 Å². The van der Waals surface area contributed by atoms with Gasteiger partial charge in [-0.25, -0.2) is 4.39 Å². The van der Waals surface area contributed by atoms with E-state index < -0.39 is 30.2 Å². The fraction of sp³-hybridized carbons (Fsp3) is 0.0909. The maximum atomic E-state index is 13.2. The minimum absolute atomic E-state index is 0.304. The Labute approximate surface area is 156 Å². The van der Waals surface area contributed by atoms with E-state index in [0.29, 0.717) is 5.69 Å². The fourth-order valence-corrected chi connectivity index (χ4v) is 2.74. The van der Waals surface area contributed by atoms with Crippen molar-refractivity contribution in [2.24, 2.45) is 0 Å². The van der Waals surface area contributed by atoms with Crippen molar-refractivity contribution in [3.63, 3.8) is 0 Å². The predicted molar refractivity (Wildman–Crippen MR) is 101 cm³/mol. The van der Waals surface area contributed by atoms with Crippen molar-refractivity contribution < 1.29 is 18.7 Å². The van der Waals surface area contributed by atoms with Crippen molar-refractivity contribution in [2.45, 2.75) is 5.92 Å². The van der Waals surface area contributed by atoms with Crippen molar-refractivity contribution in [3.8, 4) is 0 Å². The molecule has 0 aliphatic heterocycles. The van der Waals surface area contributed by atoms with Gasteiger partial charge < -0.3 is 10.1 Å². The van der Waals surface area contributed by atoms with Gasteiger partial charge in [0.2, 0.25) is 0 Å². The molecule has 3 aromatic rings. The maximum Gasteiger partial charge on any atom is 0.318 e. The van der Waals surface area contributed by atoms with Gasteiger partial charge in [-0.1, -0.05) is 66.7 Å². The lowest BCUT2D eigenvalue weighted by atomic mass is 9.91. The average Bonchev–Trinajstić information content (AvgIpc) is 2.68. The molecule has 3 aromatic carbocycles. The number of nitrogens with one attached hydrogen (secondary N) is 1. The second-order valence-corrected chi connectivity index (χ2v) is 5.92. The first-order chi connectivity index (χ1) is 13.1. The number of carbonyl (C=O) groups is 2. The largest absolute Gasteiger partial charge is 0.455 e. The number of benzene rings is 3. The number of ether oxygens (including phenoxy) is 1. The Bertz CT molecular complexity index is 874. The van der Waals surface area contributed by atoms with Crippen LogP contribution in [0.5, 0.6) is 0 Å². The van der Waals surface area contributed by atoms with Crippen LogP contribution in [-0.4, -0.2) is 18.5 Å². The molecular weight excluding hydrogens is 345 g/mol. The first-order valence-corrected chi connectivity index (χ1v) is 8.45. The van der Waals surface area contributed by atoms with E-state index >= 15 is 0 Å². The monoisotopic (exact) mass is 363 g/mol. The molecule has 27 heavy (non-hydrogen) atoms. The fourth-order valence-electron chi connectivity index (χ4n) is 2.74. The maximum absolute atomic E-state index is 13.2. The molecule has 0 aliphatic carbocycles. The van der Waals surface area contributed by atoms with Crippen LogP contribution in [0, 0.1) is 5.82 Å². The summed E-state index contributed by atoms with van der Waals surface area (Å²) < 4.78 is 18.4. The van der Waals surface area contributed by atoms with Crippen LogP contribution in [0.4, 0.5) is 10.1 Å². The van der Waals surface area contributed by atoms with Crippen LogP contribution in [0.3, 0.4) is 0 Å². The summed E-state index contributed by atoms with van der Waals surface area (Å²) in [6, 6.07) is 24.0. The normalized spacial score (nSPS) is 10.4. The molecule has 0 unspecified atom stereocenters. The molecular formula is C22H18FNO3. The van der Waals surface area contributed by atoms with Crippen LogP contribution in [-0.2, 0) is 14.3 Å². The van der Waals surface area contributed by atoms with E-state index in [1.807, 2.05) is 60.7 Å². The Hall–Kier alpha value is -3.47. The number of esters is 1. The van der Waals surface area contributed by atoms with E-state index in [1.54, 1.807) is 6.07 Å². The van der Waals surface area contributed by atoms with Crippen molar-refractivity contribution in [1.29, 1.82) is 0 Å². The van der Waals surface area contributed by atoms with E-state index in [-0.39, 0.29) is 0 Å². The van der Waals surface area contributed by atoms with Gasteiger partial charge in [-0.2, -0.15) is 0 Å². The molecule has 5 heteroatoms. The number of rotatable bonds is 6. The molecule has 0 atom stereocenters. The second-order valence-electron chi connectivity index (χ2n) is 5.92. The molecule has 0 fully saturated rings. The number of carbonyl (C=O) groups excluding carboxylic acids is 2. The summed E-state index contributed by atoms with van der Waals surface area (Å²) in [5, 5.41) is 2.50. The van der Waals surface area contributed by atoms with Crippen LogP contribution in [0.25, 0.3) is 0 Å². The molecule has 4 nitrogen and oxygen atoms in total. The second kappa shape index (κ2) is 8.76. The van der Waals surface area contributed by atoms with E-state index in [4.69, 9.17) is 4.74 Å². The van der Waals surface area contributed by atoms with Gasteiger partial charge in [-0.05, 0) is 29.3 Å². The first-order valence-electron chi connectivity index (χ1n) is 8.45. The third-order valence-electron chi connectivity index (χ3n) is 3.96. The van der Waals surface area contributed by atoms with Gasteiger partial charge in [0.15, 0.2) is 6.61 Å². The van der Waals surface area contributed by atoms with Gasteiger partial charge in [0.25, 0.3) is 5.91 Å². The number of halogens is 1. The molecule has 3 rings (SSSR count). The Balaban J connectivity index is 1.69. The van der Waals surface area contributed by atoms with Crippen LogP contribution in [0.1, 0.15) is 17.0 Å². The summed E-state index contributed by atoms with van der Waals surface area (Å²) in [5.74, 6) is -2.15.